The summed E-state index contributed by atoms with van der Waals surface area (Å²) < 4.78 is 25.2. The molecular weight excluding hydrogens is 372 g/mol. The number of Topliss-reactive ketones (excluding diaryl/α,β-unsaturated/α-hetero) is 1. The Kier molecular flexibility index (Phi) is 12.5. The van der Waals surface area contributed by atoms with Crippen LogP contribution in [0.2, 0.25) is 0 Å². The maximum Gasteiger partial charge on any atom is 0.211 e. The van der Waals surface area contributed by atoms with E-state index in [-0.39, 0.29) is 17.6 Å². The van der Waals surface area contributed by atoms with E-state index in [9.17, 15) is 13.2 Å². The van der Waals surface area contributed by atoms with Gasteiger partial charge < -0.3 is 4.90 Å². The van der Waals surface area contributed by atoms with Crippen molar-refractivity contribution in [2.75, 3.05) is 39.0 Å². The largest absolute Gasteiger partial charge is 0.304 e. The summed E-state index contributed by atoms with van der Waals surface area (Å²) in [5, 5.41) is 0. The van der Waals surface area contributed by atoms with Crippen LogP contribution >= 0.6 is 0 Å². The molecule has 1 unspecified atom stereocenters. The van der Waals surface area contributed by atoms with Crippen molar-refractivity contribution in [1.29, 1.82) is 0 Å². The molecule has 1 heterocycles. The Morgan fingerprint density at radius 3 is 2.04 bits per heavy atom. The van der Waals surface area contributed by atoms with Gasteiger partial charge >= 0.3 is 0 Å². The summed E-state index contributed by atoms with van der Waals surface area (Å²) in [5.41, 5.74) is 0. The number of hydrogen-bond donors (Lipinski definition) is 0. The van der Waals surface area contributed by atoms with E-state index in [4.69, 9.17) is 0 Å². The molecule has 0 radical (unpaired) electrons. The molecule has 5 nitrogen and oxygen atoms in total. The van der Waals surface area contributed by atoms with Gasteiger partial charge in [0.2, 0.25) is 10.0 Å². The van der Waals surface area contributed by atoms with Crippen molar-refractivity contribution in [3.63, 3.8) is 0 Å². The molecule has 0 amide bonds. The first-order valence-corrected chi connectivity index (χ1v) is 13.4. The number of nitrogens with zero attached hydrogens (tertiary/aromatic N) is 2. The van der Waals surface area contributed by atoms with Crippen LogP contribution < -0.4 is 0 Å². The van der Waals surface area contributed by atoms with Gasteiger partial charge in [0.1, 0.15) is 5.78 Å². The van der Waals surface area contributed by atoms with Crippen molar-refractivity contribution in [3.8, 4) is 0 Å². The summed E-state index contributed by atoms with van der Waals surface area (Å²) in [6, 6.07) is 0. The predicted octanol–water partition coefficient (Wildman–Crippen LogP) is 4.33. The van der Waals surface area contributed by atoms with E-state index in [1.165, 1.54) is 49.2 Å². The van der Waals surface area contributed by atoms with Gasteiger partial charge in [0.05, 0.1) is 6.26 Å². The van der Waals surface area contributed by atoms with Crippen LogP contribution in [0, 0.1) is 11.8 Å². The molecule has 0 aromatic rings. The molecule has 0 bridgehead atoms. The summed E-state index contributed by atoms with van der Waals surface area (Å²) in [7, 11) is -3.19. The number of ketones is 1. The van der Waals surface area contributed by atoms with Gasteiger partial charge in [0, 0.05) is 25.4 Å². The second-order valence-electron chi connectivity index (χ2n) is 8.45. The SMILES string of the molecule is CCC[C@H]1CN(S(C)(=O)=O)CC1C(=O)CCCCCCCCCN(CC)CC. The molecule has 1 saturated heterocycles. The fourth-order valence-electron chi connectivity index (χ4n) is 4.37. The molecule has 0 aromatic heterocycles. The summed E-state index contributed by atoms with van der Waals surface area (Å²) >= 11 is 0. The molecule has 1 aliphatic rings. The first kappa shape index (κ1) is 25.6. The normalized spacial score (nSPS) is 20.9. The molecule has 0 saturated carbocycles. The van der Waals surface area contributed by atoms with E-state index in [0.29, 0.717) is 19.5 Å². The standard InChI is InChI=1S/C22H44N2O3S/c1-5-15-20-18-24(28(4,26)27)19-21(20)22(25)16-13-11-9-8-10-12-14-17-23(6-2)7-3/h20-21H,5-19H2,1-4H3/t20-,21?/m0/s1. The minimum absolute atomic E-state index is 0.0882. The van der Waals surface area contributed by atoms with E-state index in [0.717, 1.165) is 38.8 Å². The zero-order valence-electron chi connectivity index (χ0n) is 18.8. The Labute approximate surface area is 174 Å². The topological polar surface area (TPSA) is 57.7 Å². The van der Waals surface area contributed by atoms with Gasteiger partial charge in [-0.15, -0.1) is 0 Å². The van der Waals surface area contributed by atoms with Crippen LogP contribution in [0.1, 0.15) is 85.0 Å². The first-order chi connectivity index (χ1) is 13.3. The second kappa shape index (κ2) is 13.7. The van der Waals surface area contributed by atoms with Crippen molar-refractivity contribution >= 4 is 15.8 Å². The minimum Gasteiger partial charge on any atom is -0.304 e. The molecule has 1 rings (SSSR count). The van der Waals surface area contributed by atoms with Crippen LogP contribution in [0.15, 0.2) is 0 Å². The average molecular weight is 417 g/mol. The molecule has 166 valence electrons. The van der Waals surface area contributed by atoms with Crippen LogP contribution in [0.3, 0.4) is 0 Å². The lowest BCUT2D eigenvalue weighted by atomic mass is 9.86. The maximum atomic E-state index is 12.7. The van der Waals surface area contributed by atoms with Gasteiger partial charge in [-0.1, -0.05) is 59.3 Å². The van der Waals surface area contributed by atoms with Gasteiger partial charge in [-0.2, -0.15) is 0 Å². The zero-order chi connectivity index (χ0) is 21.0. The van der Waals surface area contributed by atoms with Crippen molar-refractivity contribution in [3.05, 3.63) is 0 Å². The van der Waals surface area contributed by atoms with Gasteiger partial charge in [-0.25, -0.2) is 12.7 Å². The average Bonchev–Trinajstić information content (AvgIpc) is 3.08. The van der Waals surface area contributed by atoms with Gasteiger partial charge in [0.25, 0.3) is 0 Å². The molecule has 1 fully saturated rings. The number of carbonyl (C=O) groups excluding carboxylic acids is 1. The summed E-state index contributed by atoms with van der Waals surface area (Å²) in [6.07, 6.45) is 12.2. The maximum absolute atomic E-state index is 12.7. The van der Waals surface area contributed by atoms with Gasteiger partial charge in [-0.3, -0.25) is 4.79 Å². The van der Waals surface area contributed by atoms with Crippen LogP contribution in [-0.2, 0) is 14.8 Å². The lowest BCUT2D eigenvalue weighted by Gasteiger charge is -2.17. The minimum atomic E-state index is -3.19. The highest BCUT2D eigenvalue weighted by Gasteiger charge is 2.39. The third kappa shape index (κ3) is 9.36. The lowest BCUT2D eigenvalue weighted by molar-refractivity contribution is -0.123. The lowest BCUT2D eigenvalue weighted by Crippen LogP contribution is -2.28. The number of unbranched alkanes of at least 4 members (excludes halogenated alkanes) is 6. The highest BCUT2D eigenvalue weighted by atomic mass is 32.2. The van der Waals surface area contributed by atoms with E-state index in [1.807, 2.05) is 0 Å². The summed E-state index contributed by atoms with van der Waals surface area (Å²) in [5.74, 6) is 0.400. The quantitative estimate of drug-likeness (QED) is 0.352. The Balaban J connectivity index is 2.18. The molecule has 0 N–H and O–H groups in total. The number of carbonyl (C=O) groups is 1. The number of rotatable bonds is 16. The molecule has 0 aliphatic carbocycles. The van der Waals surface area contributed by atoms with E-state index in [2.05, 4.69) is 25.7 Å². The fraction of sp³-hybridized carbons (Fsp3) is 0.955. The van der Waals surface area contributed by atoms with Crippen LogP contribution in [0.4, 0.5) is 0 Å². The molecule has 2 atom stereocenters. The number of sulfonamides is 1. The van der Waals surface area contributed by atoms with E-state index in [1.54, 1.807) is 0 Å². The molecule has 0 aromatic carbocycles. The molecule has 1 aliphatic heterocycles. The summed E-state index contributed by atoms with van der Waals surface area (Å²) in [4.78, 5) is 15.1. The predicted molar refractivity (Wildman–Crippen MR) is 118 cm³/mol. The zero-order valence-corrected chi connectivity index (χ0v) is 19.6. The van der Waals surface area contributed by atoms with Crippen molar-refractivity contribution in [2.24, 2.45) is 11.8 Å². The molecule has 6 heteroatoms. The molecular formula is C22H44N2O3S. The number of hydrogen-bond acceptors (Lipinski definition) is 4. The molecule has 28 heavy (non-hydrogen) atoms. The fourth-order valence-corrected chi connectivity index (χ4v) is 5.27. The smallest absolute Gasteiger partial charge is 0.211 e. The molecule has 0 spiro atoms. The van der Waals surface area contributed by atoms with Crippen molar-refractivity contribution in [2.45, 2.75) is 85.0 Å². The van der Waals surface area contributed by atoms with Crippen molar-refractivity contribution in [1.82, 2.24) is 9.21 Å². The Morgan fingerprint density at radius 1 is 0.929 bits per heavy atom. The van der Waals surface area contributed by atoms with E-state index >= 15 is 0 Å². The Hall–Kier alpha value is -0.460. The monoisotopic (exact) mass is 416 g/mol. The summed E-state index contributed by atoms with van der Waals surface area (Å²) in [6.45, 7) is 11.0. The Bertz CT molecular complexity index is 532. The van der Waals surface area contributed by atoms with Gasteiger partial charge in [-0.05, 0) is 44.8 Å². The van der Waals surface area contributed by atoms with Gasteiger partial charge in [0.15, 0.2) is 0 Å². The first-order valence-electron chi connectivity index (χ1n) is 11.5. The highest BCUT2D eigenvalue weighted by Crippen LogP contribution is 2.31. The second-order valence-corrected chi connectivity index (χ2v) is 10.4. The highest BCUT2D eigenvalue weighted by molar-refractivity contribution is 7.88. The van der Waals surface area contributed by atoms with Crippen LogP contribution in [-0.4, -0.2) is 62.4 Å². The third-order valence-electron chi connectivity index (χ3n) is 6.24. The van der Waals surface area contributed by atoms with Crippen LogP contribution in [0.25, 0.3) is 0 Å². The third-order valence-corrected chi connectivity index (χ3v) is 7.48. The Morgan fingerprint density at radius 2 is 1.50 bits per heavy atom. The van der Waals surface area contributed by atoms with E-state index < -0.39 is 10.0 Å². The van der Waals surface area contributed by atoms with Crippen molar-refractivity contribution < 1.29 is 13.2 Å². The van der Waals surface area contributed by atoms with Crippen LogP contribution in [0.5, 0.6) is 0 Å².